The fourth-order valence-electron chi connectivity index (χ4n) is 2.14. The maximum Gasteiger partial charge on any atom is 0.174 e. The van der Waals surface area contributed by atoms with Crippen molar-refractivity contribution in [3.05, 3.63) is 65.1 Å². The molecule has 3 nitrogen and oxygen atoms in total. The van der Waals surface area contributed by atoms with Crippen LogP contribution < -0.4 is 10.5 Å². The summed E-state index contributed by atoms with van der Waals surface area (Å²) >= 11 is 5.94. The number of aromatic nitrogens is 1. The van der Waals surface area contributed by atoms with Gasteiger partial charge in [0, 0.05) is 22.8 Å². The summed E-state index contributed by atoms with van der Waals surface area (Å²) in [6.07, 6.45) is 1.68. The molecular weight excluding hydrogens is 291 g/mol. The van der Waals surface area contributed by atoms with Crippen LogP contribution >= 0.6 is 11.6 Å². The molecule has 0 aliphatic rings. The summed E-state index contributed by atoms with van der Waals surface area (Å²) in [5, 5.41) is 1.08. The fourth-order valence-corrected chi connectivity index (χ4v) is 2.36. The van der Waals surface area contributed by atoms with Crippen molar-refractivity contribution < 1.29 is 9.13 Å². The molecule has 2 aromatic carbocycles. The maximum absolute atomic E-state index is 13.7. The van der Waals surface area contributed by atoms with E-state index in [1.54, 1.807) is 18.3 Å². The molecule has 0 saturated heterocycles. The minimum Gasteiger partial charge on any atom is -0.484 e. The molecule has 2 N–H and O–H groups in total. The highest BCUT2D eigenvalue weighted by molar-refractivity contribution is 6.32. The zero-order chi connectivity index (χ0) is 14.8. The van der Waals surface area contributed by atoms with Gasteiger partial charge < -0.3 is 10.5 Å². The van der Waals surface area contributed by atoms with E-state index in [0.717, 1.165) is 16.5 Å². The van der Waals surface area contributed by atoms with Gasteiger partial charge in [0.25, 0.3) is 0 Å². The fraction of sp³-hybridized carbons (Fsp3) is 0.0625. The first-order valence-corrected chi connectivity index (χ1v) is 6.73. The number of halogens is 2. The highest BCUT2D eigenvalue weighted by Crippen LogP contribution is 2.29. The minimum atomic E-state index is -0.491. The van der Waals surface area contributed by atoms with Crippen LogP contribution in [0, 0.1) is 5.82 Å². The van der Waals surface area contributed by atoms with Gasteiger partial charge in [0.05, 0.1) is 10.5 Å². The number of hydrogen-bond acceptors (Lipinski definition) is 3. The Bertz CT molecular complexity index is 787. The first kappa shape index (κ1) is 13.6. The van der Waals surface area contributed by atoms with Crippen LogP contribution in [0.25, 0.3) is 10.9 Å². The van der Waals surface area contributed by atoms with Crippen molar-refractivity contribution in [2.45, 2.75) is 6.61 Å². The molecule has 3 aromatic rings. The van der Waals surface area contributed by atoms with Crippen LogP contribution in [0.15, 0.2) is 48.7 Å². The molecule has 1 heterocycles. The number of anilines is 1. The third-order valence-corrected chi connectivity index (χ3v) is 3.48. The quantitative estimate of drug-likeness (QED) is 0.738. The number of ether oxygens (including phenoxy) is 1. The smallest absolute Gasteiger partial charge is 0.174 e. The molecule has 1 aromatic heterocycles. The van der Waals surface area contributed by atoms with Crippen molar-refractivity contribution >= 4 is 28.2 Å². The summed E-state index contributed by atoms with van der Waals surface area (Å²) in [5.41, 5.74) is 8.12. The van der Waals surface area contributed by atoms with E-state index in [1.165, 1.54) is 12.1 Å². The molecule has 0 fully saturated rings. The van der Waals surface area contributed by atoms with Crippen LogP contribution in [0.5, 0.6) is 5.75 Å². The van der Waals surface area contributed by atoms with Gasteiger partial charge >= 0.3 is 0 Å². The summed E-state index contributed by atoms with van der Waals surface area (Å²) in [6.45, 7) is 0.161. The van der Waals surface area contributed by atoms with E-state index in [-0.39, 0.29) is 17.4 Å². The lowest BCUT2D eigenvalue weighted by molar-refractivity contribution is 0.291. The predicted molar refractivity (Wildman–Crippen MR) is 81.9 cm³/mol. The van der Waals surface area contributed by atoms with Gasteiger partial charge in [0.15, 0.2) is 11.6 Å². The van der Waals surface area contributed by atoms with Gasteiger partial charge in [0.2, 0.25) is 0 Å². The average molecular weight is 303 g/mol. The molecule has 0 spiro atoms. The third kappa shape index (κ3) is 2.62. The summed E-state index contributed by atoms with van der Waals surface area (Å²) in [6, 6.07) is 11.7. The van der Waals surface area contributed by atoms with E-state index in [0.29, 0.717) is 5.69 Å². The number of hydrogen-bond donors (Lipinski definition) is 1. The standard InChI is InChI=1S/C16H12ClFN2O/c17-12-4-1-5-13(18)16(12)21-9-10-6-7-14(19)11-3-2-8-20-15(10)11/h1-8H,9,19H2. The number of pyridine rings is 1. The number of nitrogen functional groups attached to an aromatic ring is 1. The van der Waals surface area contributed by atoms with Gasteiger partial charge in [0.1, 0.15) is 6.61 Å². The lowest BCUT2D eigenvalue weighted by atomic mass is 10.1. The Morgan fingerprint density at radius 1 is 1.14 bits per heavy atom. The monoisotopic (exact) mass is 302 g/mol. The molecule has 0 bridgehead atoms. The normalized spacial score (nSPS) is 10.8. The largest absolute Gasteiger partial charge is 0.484 e. The second-order valence-electron chi connectivity index (χ2n) is 4.55. The van der Waals surface area contributed by atoms with Crippen LogP contribution in [0.2, 0.25) is 5.02 Å². The first-order valence-electron chi connectivity index (χ1n) is 6.35. The Morgan fingerprint density at radius 2 is 2.00 bits per heavy atom. The lowest BCUT2D eigenvalue weighted by Crippen LogP contribution is -2.01. The number of rotatable bonds is 3. The second-order valence-corrected chi connectivity index (χ2v) is 4.96. The van der Waals surface area contributed by atoms with Crippen LogP contribution in [0.1, 0.15) is 5.56 Å². The van der Waals surface area contributed by atoms with Gasteiger partial charge in [-0.05, 0) is 30.3 Å². The van der Waals surface area contributed by atoms with Crippen LogP contribution in [-0.4, -0.2) is 4.98 Å². The molecule has 0 amide bonds. The summed E-state index contributed by atoms with van der Waals surface area (Å²) in [4.78, 5) is 4.31. The molecule has 0 radical (unpaired) electrons. The van der Waals surface area contributed by atoms with Crippen molar-refractivity contribution in [2.24, 2.45) is 0 Å². The lowest BCUT2D eigenvalue weighted by Gasteiger charge is -2.11. The SMILES string of the molecule is Nc1ccc(COc2c(F)cccc2Cl)c2ncccc12. The minimum absolute atomic E-state index is 0.0417. The predicted octanol–water partition coefficient (Wildman–Crippen LogP) is 4.19. The third-order valence-electron chi connectivity index (χ3n) is 3.18. The van der Waals surface area contributed by atoms with Crippen LogP contribution in [-0.2, 0) is 6.61 Å². The van der Waals surface area contributed by atoms with E-state index in [1.807, 2.05) is 18.2 Å². The molecule has 106 valence electrons. The van der Waals surface area contributed by atoms with Gasteiger partial charge in [-0.25, -0.2) is 4.39 Å². The Labute approximate surface area is 126 Å². The van der Waals surface area contributed by atoms with Gasteiger partial charge in [-0.15, -0.1) is 0 Å². The van der Waals surface area contributed by atoms with Gasteiger partial charge in [-0.3, -0.25) is 4.98 Å². The van der Waals surface area contributed by atoms with Crippen LogP contribution in [0.3, 0.4) is 0 Å². The van der Waals surface area contributed by atoms with E-state index in [9.17, 15) is 4.39 Å². The van der Waals surface area contributed by atoms with Crippen LogP contribution in [0.4, 0.5) is 10.1 Å². The Kier molecular flexibility index (Phi) is 3.62. The van der Waals surface area contributed by atoms with Crippen molar-refractivity contribution in [1.82, 2.24) is 4.98 Å². The van der Waals surface area contributed by atoms with Crippen molar-refractivity contribution in [2.75, 3.05) is 5.73 Å². The zero-order valence-corrected chi connectivity index (χ0v) is 11.8. The Morgan fingerprint density at radius 3 is 2.81 bits per heavy atom. The molecule has 0 saturated carbocycles. The number of nitrogens with zero attached hydrogens (tertiary/aromatic N) is 1. The van der Waals surface area contributed by atoms with E-state index in [4.69, 9.17) is 22.1 Å². The summed E-state index contributed by atoms with van der Waals surface area (Å²) in [5.74, 6) is -0.449. The van der Waals surface area contributed by atoms with E-state index >= 15 is 0 Å². The molecule has 0 aliphatic carbocycles. The van der Waals surface area contributed by atoms with E-state index < -0.39 is 5.82 Å². The molecule has 21 heavy (non-hydrogen) atoms. The number of nitrogens with two attached hydrogens (primary N) is 1. The van der Waals surface area contributed by atoms with Gasteiger partial charge in [-0.1, -0.05) is 23.7 Å². The summed E-state index contributed by atoms with van der Waals surface area (Å²) in [7, 11) is 0. The number of para-hydroxylation sites is 1. The molecule has 5 heteroatoms. The zero-order valence-electron chi connectivity index (χ0n) is 11.0. The van der Waals surface area contributed by atoms with Gasteiger partial charge in [-0.2, -0.15) is 0 Å². The Balaban J connectivity index is 1.94. The highest BCUT2D eigenvalue weighted by Gasteiger charge is 2.10. The number of benzene rings is 2. The molecular formula is C16H12ClFN2O. The maximum atomic E-state index is 13.7. The topological polar surface area (TPSA) is 48.1 Å². The first-order chi connectivity index (χ1) is 10.2. The molecule has 0 aliphatic heterocycles. The van der Waals surface area contributed by atoms with Crippen molar-refractivity contribution in [3.63, 3.8) is 0 Å². The average Bonchev–Trinajstić information content (AvgIpc) is 2.49. The van der Waals surface area contributed by atoms with Crippen molar-refractivity contribution in [1.29, 1.82) is 0 Å². The Hall–Kier alpha value is -2.33. The van der Waals surface area contributed by atoms with Crippen molar-refractivity contribution in [3.8, 4) is 5.75 Å². The highest BCUT2D eigenvalue weighted by atomic mass is 35.5. The summed E-state index contributed by atoms with van der Waals surface area (Å²) < 4.78 is 19.2. The second kappa shape index (κ2) is 5.58. The molecule has 0 atom stereocenters. The number of fused-ring (bicyclic) bond motifs is 1. The molecule has 3 rings (SSSR count). The molecule has 0 unspecified atom stereocenters. The van der Waals surface area contributed by atoms with E-state index in [2.05, 4.69) is 4.98 Å².